The smallest absolute Gasteiger partial charge is 0.294 e. The summed E-state index contributed by atoms with van der Waals surface area (Å²) in [5, 5.41) is 0. The quantitative estimate of drug-likeness (QED) is 0.454. The predicted octanol–water partition coefficient (Wildman–Crippen LogP) is 6.71. The maximum Gasteiger partial charge on any atom is 0.294 e. The van der Waals surface area contributed by atoms with E-state index in [9.17, 15) is 13.0 Å². The third kappa shape index (κ3) is 5.07. The minimum Gasteiger partial charge on any atom is -0.352 e. The van der Waals surface area contributed by atoms with E-state index in [0.29, 0.717) is 24.1 Å². The first-order valence-corrected chi connectivity index (χ1v) is 13.6. The fraction of sp³-hybridized carbons (Fsp3) is 0.556. The van der Waals surface area contributed by atoms with Gasteiger partial charge in [0.05, 0.1) is 11.6 Å². The minimum atomic E-state index is -4.31. The summed E-state index contributed by atoms with van der Waals surface area (Å²) in [6.07, 6.45) is 0. The van der Waals surface area contributed by atoms with Crippen LogP contribution >= 0.6 is 0 Å². The van der Waals surface area contributed by atoms with Gasteiger partial charge >= 0.3 is 0 Å². The molecule has 0 atom stereocenters. The first-order chi connectivity index (χ1) is 15.3. The molecule has 1 aliphatic rings. The van der Waals surface area contributed by atoms with Crippen molar-refractivity contribution in [3.8, 4) is 0 Å². The number of para-hydroxylation sites is 1. The molecule has 0 amide bonds. The highest BCUT2D eigenvalue weighted by atomic mass is 32.2. The summed E-state index contributed by atoms with van der Waals surface area (Å²) >= 11 is 0. The van der Waals surface area contributed by atoms with Crippen molar-refractivity contribution in [2.24, 2.45) is 0 Å². The van der Waals surface area contributed by atoms with Gasteiger partial charge in [-0.25, -0.2) is 0 Å². The van der Waals surface area contributed by atoms with Crippen LogP contribution in [-0.2, 0) is 10.1 Å². The summed E-state index contributed by atoms with van der Waals surface area (Å²) in [6.45, 7) is 19.6. The van der Waals surface area contributed by atoms with Crippen LogP contribution in [0.3, 0.4) is 0 Å². The molecule has 0 aliphatic carbocycles. The molecule has 1 saturated heterocycles. The van der Waals surface area contributed by atoms with Gasteiger partial charge in [-0.15, -0.1) is 0 Å². The fourth-order valence-electron chi connectivity index (χ4n) is 5.04. The summed E-state index contributed by atoms with van der Waals surface area (Å²) in [5.41, 5.74) is 6.81. The molecule has 6 heteroatoms. The van der Waals surface area contributed by atoms with E-state index >= 15 is 0 Å². The van der Waals surface area contributed by atoms with Gasteiger partial charge in [0, 0.05) is 24.5 Å². The number of nitrogens with zero attached hydrogens (tertiary/aromatic N) is 2. The van der Waals surface area contributed by atoms with Gasteiger partial charge in [-0.05, 0) is 52.0 Å². The van der Waals surface area contributed by atoms with Gasteiger partial charge in [-0.3, -0.25) is 4.55 Å². The Morgan fingerprint density at radius 2 is 1.15 bits per heavy atom. The van der Waals surface area contributed by atoms with Gasteiger partial charge in [-0.1, -0.05) is 79.7 Å². The van der Waals surface area contributed by atoms with Crippen molar-refractivity contribution in [3.63, 3.8) is 0 Å². The van der Waals surface area contributed by atoms with E-state index in [2.05, 4.69) is 69.5 Å². The van der Waals surface area contributed by atoms with Crippen LogP contribution in [0.25, 0.3) is 0 Å². The Balaban J connectivity index is 2.16. The maximum atomic E-state index is 12.3. The van der Waals surface area contributed by atoms with Crippen molar-refractivity contribution in [1.82, 2.24) is 0 Å². The van der Waals surface area contributed by atoms with Gasteiger partial charge < -0.3 is 9.80 Å². The second-order valence-corrected chi connectivity index (χ2v) is 11.9. The molecule has 1 aliphatic heterocycles. The van der Waals surface area contributed by atoms with E-state index in [4.69, 9.17) is 0 Å². The predicted molar refractivity (Wildman–Crippen MR) is 139 cm³/mol. The van der Waals surface area contributed by atoms with Gasteiger partial charge in [0.2, 0.25) is 0 Å². The second-order valence-electron chi connectivity index (χ2n) is 10.5. The lowest BCUT2D eigenvalue weighted by Crippen LogP contribution is -2.29. The maximum absolute atomic E-state index is 12.3. The monoisotopic (exact) mass is 472 g/mol. The number of benzene rings is 2. The average Bonchev–Trinajstić information content (AvgIpc) is 3.20. The van der Waals surface area contributed by atoms with E-state index in [-0.39, 0.29) is 16.7 Å². The lowest BCUT2D eigenvalue weighted by Gasteiger charge is -2.31. The molecule has 182 valence electrons. The average molecular weight is 473 g/mol. The topological polar surface area (TPSA) is 60.9 Å². The van der Waals surface area contributed by atoms with Gasteiger partial charge in [0.15, 0.2) is 0 Å². The first-order valence-electron chi connectivity index (χ1n) is 12.1. The van der Waals surface area contributed by atoms with Crippen LogP contribution in [0.15, 0.2) is 35.2 Å². The highest BCUT2D eigenvalue weighted by molar-refractivity contribution is 7.85. The zero-order valence-corrected chi connectivity index (χ0v) is 22.2. The minimum absolute atomic E-state index is 0.0285. The van der Waals surface area contributed by atoms with E-state index in [0.717, 1.165) is 24.3 Å². The molecule has 5 nitrogen and oxygen atoms in total. The summed E-state index contributed by atoms with van der Waals surface area (Å²) in [7, 11) is -4.31. The van der Waals surface area contributed by atoms with Crippen molar-refractivity contribution in [1.29, 1.82) is 0 Å². The van der Waals surface area contributed by atoms with E-state index in [1.807, 2.05) is 19.9 Å². The lowest BCUT2D eigenvalue weighted by molar-refractivity contribution is 0.481. The molecule has 0 aromatic heterocycles. The normalized spacial score (nSPS) is 15.1. The number of anilines is 2. The van der Waals surface area contributed by atoms with Crippen molar-refractivity contribution in [3.05, 3.63) is 52.6 Å². The molecule has 1 heterocycles. The third-order valence-electron chi connectivity index (χ3n) is 6.64. The highest BCUT2D eigenvalue weighted by Crippen LogP contribution is 2.42. The number of hydrogen-bond donors (Lipinski definition) is 1. The Morgan fingerprint density at radius 3 is 1.58 bits per heavy atom. The first kappa shape index (κ1) is 25.6. The Hall–Kier alpha value is -2.05. The third-order valence-corrected chi connectivity index (χ3v) is 7.55. The fourth-order valence-corrected chi connectivity index (χ4v) is 5.89. The van der Waals surface area contributed by atoms with Crippen molar-refractivity contribution < 1.29 is 13.0 Å². The molecule has 0 spiro atoms. The Labute approximate surface area is 200 Å². The zero-order chi connectivity index (χ0) is 24.7. The van der Waals surface area contributed by atoms with Crippen molar-refractivity contribution in [2.45, 2.75) is 84.0 Å². The van der Waals surface area contributed by atoms with Crippen molar-refractivity contribution in [2.75, 3.05) is 29.6 Å². The number of hydrogen-bond acceptors (Lipinski definition) is 4. The highest BCUT2D eigenvalue weighted by Gasteiger charge is 2.32. The molecule has 2 aromatic carbocycles. The van der Waals surface area contributed by atoms with Crippen LogP contribution in [0.5, 0.6) is 0 Å². The van der Waals surface area contributed by atoms with Crippen LogP contribution in [0, 0.1) is 0 Å². The molecule has 0 radical (unpaired) electrons. The molecular formula is C27H40N2O3S. The van der Waals surface area contributed by atoms with Crippen LogP contribution in [0.2, 0.25) is 0 Å². The van der Waals surface area contributed by atoms with Crippen LogP contribution in [0.1, 0.15) is 101 Å². The standard InChI is InChI=1S/C27H40N2O3S/c1-17(2)21-10-9-11-22(18(3)4)26(21)28-14-15-29(16-28)27-23(19(5)6)12-13-24(33(30,31)32)25(27)20(7)8/h9-13,17-20H,14-16H2,1-8H3,(H,30,31,32). The molecule has 0 unspecified atom stereocenters. The molecular weight excluding hydrogens is 432 g/mol. The second kappa shape index (κ2) is 9.67. The van der Waals surface area contributed by atoms with E-state index in [1.54, 1.807) is 6.07 Å². The van der Waals surface area contributed by atoms with E-state index in [1.165, 1.54) is 16.8 Å². The molecule has 33 heavy (non-hydrogen) atoms. The van der Waals surface area contributed by atoms with Crippen LogP contribution in [0.4, 0.5) is 11.4 Å². The Bertz CT molecular complexity index is 1080. The Morgan fingerprint density at radius 1 is 0.697 bits per heavy atom. The van der Waals surface area contributed by atoms with Gasteiger partial charge in [0.25, 0.3) is 10.1 Å². The molecule has 3 rings (SSSR count). The van der Waals surface area contributed by atoms with Gasteiger partial charge in [0.1, 0.15) is 0 Å². The molecule has 1 fully saturated rings. The lowest BCUT2D eigenvalue weighted by atomic mass is 9.91. The van der Waals surface area contributed by atoms with E-state index < -0.39 is 10.1 Å². The summed E-state index contributed by atoms with van der Waals surface area (Å²) < 4.78 is 34.5. The summed E-state index contributed by atoms with van der Waals surface area (Å²) in [5.74, 6) is 1.01. The molecule has 0 saturated carbocycles. The molecule has 1 N–H and O–H groups in total. The van der Waals surface area contributed by atoms with Gasteiger partial charge in [-0.2, -0.15) is 8.42 Å². The molecule has 0 bridgehead atoms. The largest absolute Gasteiger partial charge is 0.352 e. The Kier molecular flexibility index (Phi) is 7.49. The summed E-state index contributed by atoms with van der Waals surface area (Å²) in [6, 6.07) is 10.1. The SMILES string of the molecule is CC(C)c1cccc(C(C)C)c1N1CCN(c2c(C(C)C)ccc(S(=O)(=O)O)c2C(C)C)C1. The number of rotatable bonds is 7. The van der Waals surface area contributed by atoms with Crippen LogP contribution < -0.4 is 9.80 Å². The molecule has 2 aromatic rings. The zero-order valence-electron chi connectivity index (χ0n) is 21.4. The van der Waals surface area contributed by atoms with Crippen LogP contribution in [-0.4, -0.2) is 32.7 Å². The van der Waals surface area contributed by atoms with Crippen molar-refractivity contribution >= 4 is 21.5 Å². The summed E-state index contributed by atoms with van der Waals surface area (Å²) in [4.78, 5) is 4.78.